The minimum atomic E-state index is -0.577. The number of carbonyl (C=O) groups excluding carboxylic acids is 1. The normalized spacial score (nSPS) is 10.4. The van der Waals surface area contributed by atoms with Gasteiger partial charge in [0.2, 0.25) is 0 Å². The van der Waals surface area contributed by atoms with Crippen LogP contribution < -0.4 is 5.32 Å². The number of hydrogen-bond acceptors (Lipinski definition) is 1. The fraction of sp³-hybridized carbons (Fsp3) is 0.133. The van der Waals surface area contributed by atoms with Crippen molar-refractivity contribution in [1.29, 1.82) is 0 Å². The second kappa shape index (κ2) is 6.13. The van der Waals surface area contributed by atoms with Crippen LogP contribution in [-0.4, -0.2) is 5.91 Å². The Hall–Kier alpha value is -1.75. The van der Waals surface area contributed by atoms with E-state index in [0.717, 1.165) is 5.56 Å². The summed E-state index contributed by atoms with van der Waals surface area (Å²) in [5.74, 6) is -1.49. The first kappa shape index (κ1) is 14.7. The highest BCUT2D eigenvalue weighted by molar-refractivity contribution is 9.10. The van der Waals surface area contributed by atoms with Gasteiger partial charge in [-0.1, -0.05) is 27.6 Å². The molecule has 0 radical (unpaired) electrons. The molecule has 0 aliphatic rings. The summed E-state index contributed by atoms with van der Waals surface area (Å²) in [4.78, 5) is 11.9. The SMILES string of the molecule is Cc1ccc(F)c(C(=O)NCc2cc(F)ccc2Br)c1. The molecule has 0 bridgehead atoms. The Bertz CT molecular complexity index is 658. The number of hydrogen-bond donors (Lipinski definition) is 1. The Morgan fingerprint density at radius 3 is 2.70 bits per heavy atom. The van der Waals surface area contributed by atoms with Crippen LogP contribution in [0.3, 0.4) is 0 Å². The maximum absolute atomic E-state index is 13.6. The summed E-state index contributed by atoms with van der Waals surface area (Å²) in [6.45, 7) is 1.89. The lowest BCUT2D eigenvalue weighted by atomic mass is 10.1. The first-order valence-electron chi connectivity index (χ1n) is 5.95. The number of amides is 1. The molecule has 1 N–H and O–H groups in total. The van der Waals surface area contributed by atoms with E-state index in [1.54, 1.807) is 19.1 Å². The third-order valence-corrected chi connectivity index (χ3v) is 3.59. The molecule has 0 spiro atoms. The van der Waals surface area contributed by atoms with Gasteiger partial charge in [-0.2, -0.15) is 0 Å². The van der Waals surface area contributed by atoms with Crippen LogP contribution in [0.4, 0.5) is 8.78 Å². The van der Waals surface area contributed by atoms with Gasteiger partial charge in [0, 0.05) is 11.0 Å². The number of aryl methyl sites for hydroxylation is 1. The van der Waals surface area contributed by atoms with Crippen LogP contribution in [0.1, 0.15) is 21.5 Å². The summed E-state index contributed by atoms with van der Waals surface area (Å²) in [5, 5.41) is 2.58. The highest BCUT2D eigenvalue weighted by Gasteiger charge is 2.12. The van der Waals surface area contributed by atoms with Crippen molar-refractivity contribution in [3.8, 4) is 0 Å². The average molecular weight is 340 g/mol. The van der Waals surface area contributed by atoms with E-state index in [1.165, 1.54) is 24.3 Å². The van der Waals surface area contributed by atoms with E-state index in [4.69, 9.17) is 0 Å². The van der Waals surface area contributed by atoms with Crippen molar-refractivity contribution in [1.82, 2.24) is 5.32 Å². The number of carbonyl (C=O) groups is 1. The Morgan fingerprint density at radius 1 is 1.20 bits per heavy atom. The van der Waals surface area contributed by atoms with Gasteiger partial charge >= 0.3 is 0 Å². The van der Waals surface area contributed by atoms with Gasteiger partial charge in [-0.15, -0.1) is 0 Å². The topological polar surface area (TPSA) is 29.1 Å². The van der Waals surface area contributed by atoms with Crippen LogP contribution >= 0.6 is 15.9 Å². The van der Waals surface area contributed by atoms with Crippen molar-refractivity contribution in [2.75, 3.05) is 0 Å². The zero-order chi connectivity index (χ0) is 14.7. The van der Waals surface area contributed by atoms with Crippen molar-refractivity contribution < 1.29 is 13.6 Å². The van der Waals surface area contributed by atoms with Crippen molar-refractivity contribution in [3.05, 3.63) is 69.2 Å². The van der Waals surface area contributed by atoms with E-state index in [1.807, 2.05) is 0 Å². The molecule has 0 aromatic heterocycles. The molecule has 5 heteroatoms. The van der Waals surface area contributed by atoms with E-state index in [2.05, 4.69) is 21.2 Å². The minimum absolute atomic E-state index is 0.0162. The molecule has 2 aromatic rings. The quantitative estimate of drug-likeness (QED) is 0.900. The number of rotatable bonds is 3. The summed E-state index contributed by atoms with van der Waals surface area (Å²) >= 11 is 3.27. The second-order valence-electron chi connectivity index (χ2n) is 4.40. The van der Waals surface area contributed by atoms with Gasteiger partial charge in [0.25, 0.3) is 5.91 Å². The maximum atomic E-state index is 13.6. The summed E-state index contributed by atoms with van der Waals surface area (Å²) < 4.78 is 27.4. The van der Waals surface area contributed by atoms with Crippen molar-refractivity contribution in [3.63, 3.8) is 0 Å². The standard InChI is InChI=1S/C15H12BrF2NO/c1-9-2-5-14(18)12(6-9)15(20)19-8-10-7-11(17)3-4-13(10)16/h2-7H,8H2,1H3,(H,19,20). The van der Waals surface area contributed by atoms with E-state index in [9.17, 15) is 13.6 Å². The Morgan fingerprint density at radius 2 is 1.95 bits per heavy atom. The number of halogens is 3. The Labute approximate surface area is 123 Å². The molecule has 1 amide bonds. The third-order valence-electron chi connectivity index (χ3n) is 2.81. The van der Waals surface area contributed by atoms with Crippen molar-refractivity contribution in [2.24, 2.45) is 0 Å². The summed E-state index contributed by atoms with van der Waals surface area (Å²) in [5.41, 5.74) is 1.37. The summed E-state index contributed by atoms with van der Waals surface area (Å²) in [6.07, 6.45) is 0. The van der Waals surface area contributed by atoms with Gasteiger partial charge in [0.05, 0.1) is 5.56 Å². The predicted molar refractivity (Wildman–Crippen MR) is 76.4 cm³/mol. The molecule has 0 aliphatic carbocycles. The zero-order valence-electron chi connectivity index (χ0n) is 10.7. The smallest absolute Gasteiger partial charge is 0.254 e. The van der Waals surface area contributed by atoms with Crippen LogP contribution in [0.2, 0.25) is 0 Å². The molecule has 104 valence electrons. The lowest BCUT2D eigenvalue weighted by molar-refractivity contribution is 0.0946. The summed E-state index contributed by atoms with van der Waals surface area (Å²) in [7, 11) is 0. The van der Waals surface area contributed by atoms with Crippen LogP contribution in [0.5, 0.6) is 0 Å². The molecule has 20 heavy (non-hydrogen) atoms. The lowest BCUT2D eigenvalue weighted by Crippen LogP contribution is -2.24. The first-order valence-corrected chi connectivity index (χ1v) is 6.75. The average Bonchev–Trinajstić information content (AvgIpc) is 2.42. The molecule has 0 aliphatic heterocycles. The molecular weight excluding hydrogens is 328 g/mol. The molecule has 0 unspecified atom stereocenters. The minimum Gasteiger partial charge on any atom is -0.348 e. The van der Waals surface area contributed by atoms with Gasteiger partial charge < -0.3 is 5.32 Å². The molecule has 2 rings (SSSR count). The van der Waals surface area contributed by atoms with Crippen LogP contribution in [-0.2, 0) is 6.54 Å². The molecule has 0 atom stereocenters. The van der Waals surface area contributed by atoms with Gasteiger partial charge in [0.1, 0.15) is 11.6 Å². The monoisotopic (exact) mass is 339 g/mol. The predicted octanol–water partition coefficient (Wildman–Crippen LogP) is 3.97. The maximum Gasteiger partial charge on any atom is 0.254 e. The second-order valence-corrected chi connectivity index (χ2v) is 5.26. The van der Waals surface area contributed by atoms with Crippen LogP contribution in [0.15, 0.2) is 40.9 Å². The number of nitrogens with one attached hydrogen (secondary N) is 1. The molecule has 2 nitrogen and oxygen atoms in total. The van der Waals surface area contributed by atoms with Crippen molar-refractivity contribution in [2.45, 2.75) is 13.5 Å². The number of benzene rings is 2. The molecule has 0 fully saturated rings. The van der Waals surface area contributed by atoms with Gasteiger partial charge in [-0.25, -0.2) is 8.78 Å². The molecule has 0 saturated heterocycles. The largest absolute Gasteiger partial charge is 0.348 e. The highest BCUT2D eigenvalue weighted by Crippen LogP contribution is 2.18. The van der Waals surface area contributed by atoms with E-state index >= 15 is 0 Å². The summed E-state index contributed by atoms with van der Waals surface area (Å²) in [6, 6.07) is 8.51. The fourth-order valence-corrected chi connectivity index (χ4v) is 2.15. The van der Waals surface area contributed by atoms with E-state index in [-0.39, 0.29) is 17.9 Å². The van der Waals surface area contributed by atoms with Gasteiger partial charge in [-0.3, -0.25) is 4.79 Å². The highest BCUT2D eigenvalue weighted by atomic mass is 79.9. The van der Waals surface area contributed by atoms with Gasteiger partial charge in [-0.05, 0) is 42.8 Å². The first-order chi connectivity index (χ1) is 9.47. The zero-order valence-corrected chi connectivity index (χ0v) is 12.3. The van der Waals surface area contributed by atoms with E-state index in [0.29, 0.717) is 10.0 Å². The van der Waals surface area contributed by atoms with Gasteiger partial charge in [0.15, 0.2) is 0 Å². The molecular formula is C15H12BrF2NO. The third kappa shape index (κ3) is 3.42. The molecule has 2 aromatic carbocycles. The van der Waals surface area contributed by atoms with Crippen molar-refractivity contribution >= 4 is 21.8 Å². The van der Waals surface area contributed by atoms with Crippen LogP contribution in [0.25, 0.3) is 0 Å². The Balaban J connectivity index is 2.12. The lowest BCUT2D eigenvalue weighted by Gasteiger charge is -2.08. The fourth-order valence-electron chi connectivity index (χ4n) is 1.76. The van der Waals surface area contributed by atoms with Crippen LogP contribution in [0, 0.1) is 18.6 Å². The van der Waals surface area contributed by atoms with E-state index < -0.39 is 11.7 Å². The Kier molecular flexibility index (Phi) is 4.49. The molecule has 0 heterocycles. The molecule has 0 saturated carbocycles.